The van der Waals surface area contributed by atoms with Crippen LogP contribution in [0.15, 0.2) is 36.0 Å². The molecule has 0 atom stereocenters. The molecule has 5 nitrogen and oxygen atoms in total. The van der Waals surface area contributed by atoms with Crippen molar-refractivity contribution in [3.05, 3.63) is 53.1 Å². The zero-order valence-electron chi connectivity index (χ0n) is 11.8. The van der Waals surface area contributed by atoms with Crippen molar-refractivity contribution in [3.63, 3.8) is 0 Å². The smallest absolute Gasteiger partial charge is 0.332 e. The summed E-state index contributed by atoms with van der Waals surface area (Å²) in [5, 5.41) is 10.7. The number of aromatic amines is 1. The third kappa shape index (κ3) is 4.07. The molecule has 9 heteroatoms. The molecule has 0 spiro atoms. The van der Waals surface area contributed by atoms with E-state index in [1.165, 1.54) is 6.33 Å². The normalized spacial score (nSPS) is 11.6. The molecule has 0 fully saturated rings. The van der Waals surface area contributed by atoms with Gasteiger partial charge in [0.05, 0.1) is 0 Å². The molecule has 0 aliphatic carbocycles. The van der Waals surface area contributed by atoms with Gasteiger partial charge in [0.25, 0.3) is 0 Å². The number of rotatable bonds is 5. The van der Waals surface area contributed by atoms with E-state index in [2.05, 4.69) is 25.5 Å². The number of aryl methyl sites for hydroxylation is 2. The average Bonchev–Trinajstić information content (AvgIpc) is 3.17. The fraction of sp³-hybridized carbons (Fsp3) is 0.214. The highest BCUT2D eigenvalue weighted by Gasteiger charge is 2.33. The Labute approximate surface area is 133 Å². The molecule has 3 aromatic rings. The van der Waals surface area contributed by atoms with Crippen molar-refractivity contribution in [2.45, 2.75) is 19.0 Å². The van der Waals surface area contributed by atoms with E-state index in [0.29, 0.717) is 5.69 Å². The van der Waals surface area contributed by atoms with Gasteiger partial charge in [0.15, 0.2) is 10.8 Å². The SMILES string of the molecule is FC(F)(F)c1csc(Nc2ccc(CCc3ncn[nH]3)cc2)n1. The fourth-order valence-electron chi connectivity index (χ4n) is 1.95. The number of anilines is 2. The third-order valence-corrected chi connectivity index (χ3v) is 3.87. The summed E-state index contributed by atoms with van der Waals surface area (Å²) in [4.78, 5) is 7.58. The van der Waals surface area contributed by atoms with Gasteiger partial charge in [0.2, 0.25) is 0 Å². The Morgan fingerprint density at radius 2 is 1.91 bits per heavy atom. The first kappa shape index (κ1) is 15.5. The lowest BCUT2D eigenvalue weighted by Gasteiger charge is -2.05. The van der Waals surface area contributed by atoms with E-state index >= 15 is 0 Å². The first-order valence-electron chi connectivity index (χ1n) is 6.73. The molecule has 2 aromatic heterocycles. The molecule has 0 radical (unpaired) electrons. The quantitative estimate of drug-likeness (QED) is 0.742. The average molecular weight is 339 g/mol. The topological polar surface area (TPSA) is 66.5 Å². The van der Waals surface area contributed by atoms with Gasteiger partial charge in [0, 0.05) is 17.5 Å². The minimum Gasteiger partial charge on any atom is -0.332 e. The van der Waals surface area contributed by atoms with Crippen LogP contribution in [0.2, 0.25) is 0 Å². The Hall–Kier alpha value is -2.42. The molecule has 0 amide bonds. The van der Waals surface area contributed by atoms with E-state index < -0.39 is 11.9 Å². The molecule has 0 saturated heterocycles. The van der Waals surface area contributed by atoms with Crippen molar-refractivity contribution in [3.8, 4) is 0 Å². The number of thiazole rings is 1. The van der Waals surface area contributed by atoms with Crippen molar-refractivity contribution in [1.29, 1.82) is 0 Å². The molecule has 3 rings (SSSR count). The summed E-state index contributed by atoms with van der Waals surface area (Å²) in [5.41, 5.74) is 0.909. The Morgan fingerprint density at radius 3 is 2.52 bits per heavy atom. The highest BCUT2D eigenvalue weighted by molar-refractivity contribution is 7.13. The molecule has 0 aliphatic rings. The number of halogens is 3. The first-order chi connectivity index (χ1) is 11.0. The van der Waals surface area contributed by atoms with Crippen LogP contribution in [0.1, 0.15) is 17.1 Å². The van der Waals surface area contributed by atoms with E-state index in [-0.39, 0.29) is 5.13 Å². The zero-order chi connectivity index (χ0) is 16.3. The number of nitrogens with one attached hydrogen (secondary N) is 2. The molecule has 120 valence electrons. The Bertz CT molecular complexity index is 750. The van der Waals surface area contributed by atoms with Crippen molar-refractivity contribution in [2.75, 3.05) is 5.32 Å². The maximum absolute atomic E-state index is 12.5. The number of H-pyrrole nitrogens is 1. The van der Waals surface area contributed by atoms with Crippen molar-refractivity contribution in [2.24, 2.45) is 0 Å². The summed E-state index contributed by atoms with van der Waals surface area (Å²) in [6.45, 7) is 0. The summed E-state index contributed by atoms with van der Waals surface area (Å²) in [6, 6.07) is 7.45. The van der Waals surface area contributed by atoms with Gasteiger partial charge >= 0.3 is 6.18 Å². The number of hydrogen-bond acceptors (Lipinski definition) is 5. The van der Waals surface area contributed by atoms with Gasteiger partial charge in [-0.25, -0.2) is 9.97 Å². The number of hydrogen-bond donors (Lipinski definition) is 2. The lowest BCUT2D eigenvalue weighted by Crippen LogP contribution is -2.05. The van der Waals surface area contributed by atoms with Crippen LogP contribution in [0.25, 0.3) is 0 Å². The Kier molecular flexibility index (Phi) is 4.28. The van der Waals surface area contributed by atoms with Crippen molar-refractivity contribution >= 4 is 22.2 Å². The molecule has 0 aliphatic heterocycles. The summed E-state index contributed by atoms with van der Waals surface area (Å²) in [6.07, 6.45) is -1.41. The number of nitrogens with zero attached hydrogens (tertiary/aromatic N) is 3. The Morgan fingerprint density at radius 1 is 1.13 bits per heavy atom. The van der Waals surface area contributed by atoms with Crippen molar-refractivity contribution < 1.29 is 13.2 Å². The highest BCUT2D eigenvalue weighted by atomic mass is 32.1. The van der Waals surface area contributed by atoms with Gasteiger partial charge in [-0.1, -0.05) is 12.1 Å². The largest absolute Gasteiger partial charge is 0.434 e. The van der Waals surface area contributed by atoms with Gasteiger partial charge in [-0.3, -0.25) is 5.10 Å². The molecule has 2 N–H and O–H groups in total. The second-order valence-corrected chi connectivity index (χ2v) is 5.65. The molecule has 1 aromatic carbocycles. The predicted molar refractivity (Wildman–Crippen MR) is 80.6 cm³/mol. The summed E-state index contributed by atoms with van der Waals surface area (Å²) in [5.74, 6) is 0.815. The third-order valence-electron chi connectivity index (χ3n) is 3.12. The number of alkyl halides is 3. The van der Waals surface area contributed by atoms with Gasteiger partial charge in [-0.2, -0.15) is 18.3 Å². The van der Waals surface area contributed by atoms with Crippen molar-refractivity contribution in [1.82, 2.24) is 20.2 Å². The predicted octanol–water partition coefficient (Wildman–Crippen LogP) is 3.81. The van der Waals surface area contributed by atoms with Crippen LogP contribution in [0.3, 0.4) is 0 Å². The molecule has 0 unspecified atom stereocenters. The van der Waals surface area contributed by atoms with E-state index in [1.807, 2.05) is 24.3 Å². The lowest BCUT2D eigenvalue weighted by atomic mass is 10.1. The van der Waals surface area contributed by atoms with Gasteiger partial charge < -0.3 is 5.32 Å². The second-order valence-electron chi connectivity index (χ2n) is 4.79. The molecular formula is C14H12F3N5S. The second kappa shape index (κ2) is 6.37. The summed E-state index contributed by atoms with van der Waals surface area (Å²) >= 11 is 0.922. The highest BCUT2D eigenvalue weighted by Crippen LogP contribution is 2.32. The zero-order valence-corrected chi connectivity index (χ0v) is 12.6. The number of benzene rings is 1. The molecule has 23 heavy (non-hydrogen) atoms. The lowest BCUT2D eigenvalue weighted by molar-refractivity contribution is -0.140. The van der Waals surface area contributed by atoms with Crippen LogP contribution >= 0.6 is 11.3 Å². The van der Waals surface area contributed by atoms with E-state index in [0.717, 1.165) is 40.9 Å². The van der Waals surface area contributed by atoms with E-state index in [1.54, 1.807) is 0 Å². The molecule has 2 heterocycles. The number of aromatic nitrogens is 4. The minimum absolute atomic E-state index is 0.215. The maximum Gasteiger partial charge on any atom is 0.434 e. The van der Waals surface area contributed by atoms with Crippen LogP contribution < -0.4 is 5.32 Å². The first-order valence-corrected chi connectivity index (χ1v) is 7.61. The summed E-state index contributed by atoms with van der Waals surface area (Å²) < 4.78 is 37.5. The molecule has 0 saturated carbocycles. The van der Waals surface area contributed by atoms with Gasteiger partial charge in [0.1, 0.15) is 12.2 Å². The summed E-state index contributed by atoms with van der Waals surface area (Å²) in [7, 11) is 0. The van der Waals surface area contributed by atoms with Crippen LogP contribution in [0.4, 0.5) is 24.0 Å². The molecular weight excluding hydrogens is 327 g/mol. The van der Waals surface area contributed by atoms with E-state index in [9.17, 15) is 13.2 Å². The van der Waals surface area contributed by atoms with Gasteiger partial charge in [-0.05, 0) is 24.1 Å². The standard InChI is InChI=1S/C14H12F3N5S/c15-14(16,17)11-7-23-13(21-11)20-10-4-1-9(2-5-10)3-6-12-18-8-19-22-12/h1-2,4-5,7-8H,3,6H2,(H,20,21)(H,18,19,22). The fourth-order valence-corrected chi connectivity index (χ4v) is 2.69. The van der Waals surface area contributed by atoms with Crippen LogP contribution in [0, 0.1) is 0 Å². The minimum atomic E-state index is -4.42. The van der Waals surface area contributed by atoms with Gasteiger partial charge in [-0.15, -0.1) is 11.3 Å². The monoisotopic (exact) mass is 339 g/mol. The van der Waals surface area contributed by atoms with Crippen LogP contribution in [-0.2, 0) is 19.0 Å². The molecule has 0 bridgehead atoms. The maximum atomic E-state index is 12.5. The van der Waals surface area contributed by atoms with E-state index in [4.69, 9.17) is 0 Å². The Balaban J connectivity index is 1.60. The van der Waals surface area contributed by atoms with Crippen LogP contribution in [0.5, 0.6) is 0 Å². The van der Waals surface area contributed by atoms with Crippen LogP contribution in [-0.4, -0.2) is 20.2 Å².